The maximum Gasteiger partial charge on any atom is 0.305 e. The van der Waals surface area contributed by atoms with Gasteiger partial charge < -0.3 is 15.6 Å². The average molecular weight is 236 g/mol. The Kier molecular flexibility index (Phi) is 5.32. The number of carbonyl (C=O) groups is 2. The van der Waals surface area contributed by atoms with Gasteiger partial charge in [-0.1, -0.05) is 30.3 Å². The second-order valence-corrected chi connectivity index (χ2v) is 3.51. The third-order valence-corrected chi connectivity index (χ3v) is 2.05. The number of rotatable bonds is 7. The first-order chi connectivity index (χ1) is 8.09. The molecule has 3 N–H and O–H groups in total. The summed E-state index contributed by atoms with van der Waals surface area (Å²) in [4.78, 5) is 21.7. The lowest BCUT2D eigenvalue weighted by Crippen LogP contribution is -2.35. The Morgan fingerprint density at radius 2 is 2.00 bits per heavy atom. The molecule has 1 radical (unpaired) electrons. The smallest absolute Gasteiger partial charge is 0.305 e. The SMILES string of the molecule is N[C@@H](CC(=O)O)C(=O)CO[CH]c1ccccc1. The quantitative estimate of drug-likeness (QED) is 0.723. The monoisotopic (exact) mass is 236 g/mol. The van der Waals surface area contributed by atoms with Crippen LogP contribution in [0.2, 0.25) is 0 Å². The Morgan fingerprint density at radius 1 is 1.35 bits per heavy atom. The fraction of sp³-hybridized carbons (Fsp3) is 0.250. The highest BCUT2D eigenvalue weighted by molar-refractivity contribution is 5.88. The van der Waals surface area contributed by atoms with Crippen LogP contribution in [0.3, 0.4) is 0 Å². The van der Waals surface area contributed by atoms with Crippen molar-refractivity contribution in [1.82, 2.24) is 0 Å². The van der Waals surface area contributed by atoms with Crippen molar-refractivity contribution in [1.29, 1.82) is 0 Å². The second kappa shape index (κ2) is 6.78. The van der Waals surface area contributed by atoms with E-state index in [2.05, 4.69) is 0 Å². The van der Waals surface area contributed by atoms with Gasteiger partial charge in [-0.05, 0) is 5.56 Å². The molecule has 0 aliphatic heterocycles. The number of aliphatic carboxylic acids is 1. The van der Waals surface area contributed by atoms with Crippen LogP contribution >= 0.6 is 0 Å². The summed E-state index contributed by atoms with van der Waals surface area (Å²) < 4.78 is 5.04. The van der Waals surface area contributed by atoms with E-state index in [1.54, 1.807) is 0 Å². The van der Waals surface area contributed by atoms with Crippen LogP contribution in [0.15, 0.2) is 30.3 Å². The Bertz CT molecular complexity index is 377. The van der Waals surface area contributed by atoms with E-state index in [-0.39, 0.29) is 13.0 Å². The average Bonchev–Trinajstić information content (AvgIpc) is 2.29. The fourth-order valence-corrected chi connectivity index (χ4v) is 1.16. The minimum absolute atomic E-state index is 0.219. The molecule has 17 heavy (non-hydrogen) atoms. The number of hydrogen-bond acceptors (Lipinski definition) is 4. The van der Waals surface area contributed by atoms with Gasteiger partial charge in [0.1, 0.15) is 13.2 Å². The Balaban J connectivity index is 2.27. The molecule has 0 heterocycles. The van der Waals surface area contributed by atoms with E-state index in [0.29, 0.717) is 0 Å². The van der Waals surface area contributed by atoms with Gasteiger partial charge in [-0.3, -0.25) is 9.59 Å². The molecule has 1 rings (SSSR count). The summed E-state index contributed by atoms with van der Waals surface area (Å²) >= 11 is 0. The molecule has 0 bridgehead atoms. The highest BCUT2D eigenvalue weighted by atomic mass is 16.5. The van der Waals surface area contributed by atoms with Crippen LogP contribution in [0.25, 0.3) is 0 Å². The molecule has 5 nitrogen and oxygen atoms in total. The van der Waals surface area contributed by atoms with Gasteiger partial charge in [0.25, 0.3) is 0 Å². The van der Waals surface area contributed by atoms with Crippen LogP contribution in [-0.2, 0) is 14.3 Å². The molecule has 0 saturated heterocycles. The van der Waals surface area contributed by atoms with E-state index in [9.17, 15) is 9.59 Å². The number of Topliss-reactive ketones (excluding diaryl/α,β-unsaturated/α-hetero) is 1. The highest BCUT2D eigenvalue weighted by Gasteiger charge is 2.16. The number of carboxylic acids is 1. The molecule has 91 valence electrons. The van der Waals surface area contributed by atoms with Gasteiger partial charge in [0.15, 0.2) is 5.78 Å². The van der Waals surface area contributed by atoms with Gasteiger partial charge in [0.05, 0.1) is 12.5 Å². The van der Waals surface area contributed by atoms with E-state index in [1.807, 2.05) is 30.3 Å². The minimum Gasteiger partial charge on any atom is -0.481 e. The number of carboxylic acid groups (broad SMARTS) is 1. The summed E-state index contributed by atoms with van der Waals surface area (Å²) in [5.41, 5.74) is 6.20. The summed E-state index contributed by atoms with van der Waals surface area (Å²) in [5.74, 6) is -1.53. The number of nitrogens with two attached hydrogens (primary N) is 1. The van der Waals surface area contributed by atoms with Crippen LogP contribution in [0, 0.1) is 6.61 Å². The van der Waals surface area contributed by atoms with Crippen molar-refractivity contribution < 1.29 is 19.4 Å². The first kappa shape index (κ1) is 13.3. The first-order valence-electron chi connectivity index (χ1n) is 5.09. The topological polar surface area (TPSA) is 89.6 Å². The molecule has 0 saturated carbocycles. The van der Waals surface area contributed by atoms with Gasteiger partial charge >= 0.3 is 5.97 Å². The van der Waals surface area contributed by atoms with E-state index in [0.717, 1.165) is 5.56 Å². The largest absolute Gasteiger partial charge is 0.481 e. The van der Waals surface area contributed by atoms with Crippen molar-refractivity contribution >= 4 is 11.8 Å². The van der Waals surface area contributed by atoms with Crippen LogP contribution in [0.4, 0.5) is 0 Å². The van der Waals surface area contributed by atoms with E-state index >= 15 is 0 Å². The van der Waals surface area contributed by atoms with Crippen LogP contribution in [-0.4, -0.2) is 29.5 Å². The van der Waals surface area contributed by atoms with Crippen LogP contribution in [0.1, 0.15) is 12.0 Å². The zero-order valence-corrected chi connectivity index (χ0v) is 9.20. The molecule has 0 aliphatic carbocycles. The van der Waals surface area contributed by atoms with E-state index < -0.39 is 17.8 Å². The molecular weight excluding hydrogens is 222 g/mol. The number of benzene rings is 1. The molecular formula is C12H14NO4. The summed E-state index contributed by atoms with van der Waals surface area (Å²) in [6, 6.07) is 8.17. The molecule has 0 spiro atoms. The predicted molar refractivity (Wildman–Crippen MR) is 61.0 cm³/mol. The Labute approximate surface area is 99.2 Å². The van der Waals surface area contributed by atoms with Crippen molar-refractivity contribution in [3.8, 4) is 0 Å². The summed E-state index contributed by atoms with van der Waals surface area (Å²) in [7, 11) is 0. The Morgan fingerprint density at radius 3 is 2.59 bits per heavy atom. The lowest BCUT2D eigenvalue weighted by atomic mass is 10.1. The zero-order chi connectivity index (χ0) is 12.7. The third kappa shape index (κ3) is 5.24. The number of ether oxygens (including phenoxy) is 1. The molecule has 0 unspecified atom stereocenters. The van der Waals surface area contributed by atoms with Gasteiger partial charge in [0, 0.05) is 0 Å². The van der Waals surface area contributed by atoms with Crippen molar-refractivity contribution in [2.75, 3.05) is 6.61 Å². The molecule has 0 aromatic heterocycles. The van der Waals surface area contributed by atoms with Crippen molar-refractivity contribution in [2.45, 2.75) is 12.5 Å². The van der Waals surface area contributed by atoms with Gasteiger partial charge in [-0.2, -0.15) is 0 Å². The lowest BCUT2D eigenvalue weighted by Gasteiger charge is -2.08. The van der Waals surface area contributed by atoms with Gasteiger partial charge in [-0.15, -0.1) is 0 Å². The molecule has 1 atom stereocenters. The van der Waals surface area contributed by atoms with Crippen molar-refractivity contribution in [2.24, 2.45) is 5.73 Å². The molecule has 5 heteroatoms. The second-order valence-electron chi connectivity index (χ2n) is 3.51. The van der Waals surface area contributed by atoms with E-state index in [1.165, 1.54) is 6.61 Å². The molecule has 1 aromatic rings. The lowest BCUT2D eigenvalue weighted by molar-refractivity contribution is -0.139. The number of hydrogen-bond donors (Lipinski definition) is 2. The zero-order valence-electron chi connectivity index (χ0n) is 9.20. The van der Waals surface area contributed by atoms with Crippen LogP contribution < -0.4 is 5.73 Å². The maximum atomic E-state index is 11.3. The first-order valence-corrected chi connectivity index (χ1v) is 5.09. The standard InChI is InChI=1S/C12H14NO4/c13-10(6-12(15)16)11(14)8-17-7-9-4-2-1-3-5-9/h1-5,7,10H,6,8,13H2,(H,15,16)/t10-/m0/s1. The maximum absolute atomic E-state index is 11.3. The predicted octanol–water partition coefficient (Wildman–Crippen LogP) is 0.584. The number of ketones is 1. The van der Waals surface area contributed by atoms with E-state index in [4.69, 9.17) is 15.6 Å². The molecule has 0 fully saturated rings. The molecule has 0 aliphatic rings. The van der Waals surface area contributed by atoms with Gasteiger partial charge in [-0.25, -0.2) is 0 Å². The van der Waals surface area contributed by atoms with Crippen molar-refractivity contribution in [3.05, 3.63) is 42.5 Å². The summed E-state index contributed by atoms with van der Waals surface area (Å²) in [6.45, 7) is 1.22. The molecule has 1 aromatic carbocycles. The van der Waals surface area contributed by atoms with Gasteiger partial charge in [0.2, 0.25) is 0 Å². The fourth-order valence-electron chi connectivity index (χ4n) is 1.16. The molecule has 0 amide bonds. The third-order valence-electron chi connectivity index (χ3n) is 2.05. The normalized spacial score (nSPS) is 12.1. The number of carbonyl (C=O) groups excluding carboxylic acids is 1. The van der Waals surface area contributed by atoms with Crippen molar-refractivity contribution in [3.63, 3.8) is 0 Å². The summed E-state index contributed by atoms with van der Waals surface area (Å²) in [5, 5.41) is 8.46. The summed E-state index contributed by atoms with van der Waals surface area (Å²) in [6.07, 6.45) is -0.381. The Hall–Kier alpha value is -1.72. The highest BCUT2D eigenvalue weighted by Crippen LogP contribution is 2.03. The van der Waals surface area contributed by atoms with Crippen LogP contribution in [0.5, 0.6) is 0 Å². The minimum atomic E-state index is -1.10.